The molecule has 1 aromatic carbocycles. The summed E-state index contributed by atoms with van der Waals surface area (Å²) in [7, 11) is 1.38. The highest BCUT2D eigenvalue weighted by Gasteiger charge is 2.13. The number of nitrogens with two attached hydrogens (primary N) is 1. The number of rotatable bonds is 7. The van der Waals surface area contributed by atoms with Crippen LogP contribution in [0.4, 0.5) is 5.82 Å². The first-order chi connectivity index (χ1) is 14.6. The van der Waals surface area contributed by atoms with Gasteiger partial charge in [-0.05, 0) is 17.2 Å². The summed E-state index contributed by atoms with van der Waals surface area (Å²) in [4.78, 5) is 28.6. The number of nitrogens with zero attached hydrogens (tertiary/aromatic N) is 5. The van der Waals surface area contributed by atoms with Crippen LogP contribution in [0.25, 0.3) is 11.2 Å². The van der Waals surface area contributed by atoms with E-state index < -0.39 is 0 Å². The summed E-state index contributed by atoms with van der Waals surface area (Å²) in [6.07, 6.45) is 5.29. The molecule has 4 rings (SSSR count). The standard InChI is InChI=1S/C21H20N6O3/c1-29-17(28)9-14-4-2-5-15(8-14)11-27-13-24-18-19(22)25-21(26-20(18)27)30-12-16-6-3-7-23-10-16/h2-8,10,13H,9,11-12H2,1H3,(H2,22,25,26). The predicted molar refractivity (Wildman–Crippen MR) is 110 cm³/mol. The second-order valence-corrected chi connectivity index (χ2v) is 6.66. The van der Waals surface area contributed by atoms with Crippen LogP contribution in [-0.2, 0) is 29.1 Å². The number of fused-ring (bicyclic) bond motifs is 1. The maximum atomic E-state index is 11.5. The average Bonchev–Trinajstić information content (AvgIpc) is 3.16. The van der Waals surface area contributed by atoms with E-state index >= 15 is 0 Å². The van der Waals surface area contributed by atoms with Gasteiger partial charge >= 0.3 is 12.0 Å². The van der Waals surface area contributed by atoms with Crippen molar-refractivity contribution in [1.29, 1.82) is 0 Å². The van der Waals surface area contributed by atoms with Crippen molar-refractivity contribution in [2.24, 2.45) is 0 Å². The number of nitrogen functional groups attached to an aromatic ring is 1. The van der Waals surface area contributed by atoms with Crippen molar-refractivity contribution in [2.45, 2.75) is 19.6 Å². The van der Waals surface area contributed by atoms with Crippen molar-refractivity contribution in [3.63, 3.8) is 0 Å². The molecule has 2 N–H and O–H groups in total. The minimum atomic E-state index is -0.281. The largest absolute Gasteiger partial charge is 0.469 e. The average molecular weight is 404 g/mol. The number of anilines is 1. The number of imidazole rings is 1. The summed E-state index contributed by atoms with van der Waals surface area (Å²) in [5.41, 5.74) is 9.90. The van der Waals surface area contributed by atoms with Gasteiger partial charge in [0.1, 0.15) is 6.61 Å². The van der Waals surface area contributed by atoms with Crippen LogP contribution in [0.15, 0.2) is 55.1 Å². The van der Waals surface area contributed by atoms with Gasteiger partial charge in [-0.2, -0.15) is 9.97 Å². The van der Waals surface area contributed by atoms with Crippen LogP contribution in [0.5, 0.6) is 6.01 Å². The first-order valence-corrected chi connectivity index (χ1v) is 9.27. The van der Waals surface area contributed by atoms with Crippen LogP contribution >= 0.6 is 0 Å². The number of aromatic nitrogens is 5. The summed E-state index contributed by atoms with van der Waals surface area (Å²) in [6.45, 7) is 0.784. The fourth-order valence-corrected chi connectivity index (χ4v) is 3.03. The van der Waals surface area contributed by atoms with E-state index in [2.05, 4.69) is 19.9 Å². The highest BCUT2D eigenvalue weighted by atomic mass is 16.5. The summed E-state index contributed by atoms with van der Waals surface area (Å²) < 4.78 is 12.3. The number of carbonyl (C=O) groups is 1. The van der Waals surface area contributed by atoms with Crippen molar-refractivity contribution in [2.75, 3.05) is 12.8 Å². The quantitative estimate of drug-likeness (QED) is 0.466. The molecule has 9 nitrogen and oxygen atoms in total. The topological polar surface area (TPSA) is 118 Å². The molecule has 0 aliphatic rings. The monoisotopic (exact) mass is 404 g/mol. The molecule has 30 heavy (non-hydrogen) atoms. The van der Waals surface area contributed by atoms with Gasteiger partial charge in [0.2, 0.25) is 0 Å². The third-order valence-electron chi connectivity index (χ3n) is 4.48. The number of carbonyl (C=O) groups excluding carboxylic acids is 1. The Kier molecular flexibility index (Phi) is 5.51. The fraction of sp³-hybridized carbons (Fsp3) is 0.190. The molecule has 0 spiro atoms. The molecular weight excluding hydrogens is 384 g/mol. The van der Waals surface area contributed by atoms with Crippen molar-refractivity contribution in [3.8, 4) is 6.01 Å². The van der Waals surface area contributed by atoms with E-state index in [1.807, 2.05) is 41.0 Å². The lowest BCUT2D eigenvalue weighted by Crippen LogP contribution is -2.06. The van der Waals surface area contributed by atoms with E-state index in [0.717, 1.165) is 16.7 Å². The number of esters is 1. The Balaban J connectivity index is 1.57. The second kappa shape index (κ2) is 8.56. The van der Waals surface area contributed by atoms with E-state index in [4.69, 9.17) is 15.2 Å². The zero-order valence-corrected chi connectivity index (χ0v) is 16.4. The Bertz CT molecular complexity index is 1180. The van der Waals surface area contributed by atoms with Gasteiger partial charge in [0.25, 0.3) is 0 Å². The zero-order chi connectivity index (χ0) is 20.9. The van der Waals surface area contributed by atoms with Crippen molar-refractivity contribution >= 4 is 23.0 Å². The number of benzene rings is 1. The van der Waals surface area contributed by atoms with Gasteiger partial charge in [-0.1, -0.05) is 30.3 Å². The maximum absolute atomic E-state index is 11.5. The van der Waals surface area contributed by atoms with E-state index in [-0.39, 0.29) is 30.8 Å². The molecule has 0 fully saturated rings. The van der Waals surface area contributed by atoms with Gasteiger partial charge in [-0.25, -0.2) is 4.98 Å². The van der Waals surface area contributed by atoms with Crippen LogP contribution in [0.2, 0.25) is 0 Å². The van der Waals surface area contributed by atoms with Crippen molar-refractivity contribution in [3.05, 3.63) is 71.8 Å². The third kappa shape index (κ3) is 4.35. The van der Waals surface area contributed by atoms with Crippen LogP contribution in [0.1, 0.15) is 16.7 Å². The van der Waals surface area contributed by atoms with Gasteiger partial charge in [0.05, 0.1) is 26.4 Å². The maximum Gasteiger partial charge on any atom is 0.320 e. The molecule has 0 unspecified atom stereocenters. The molecule has 0 aliphatic carbocycles. The molecule has 4 aromatic rings. The van der Waals surface area contributed by atoms with Gasteiger partial charge in [-0.3, -0.25) is 9.78 Å². The molecule has 0 aliphatic heterocycles. The SMILES string of the molecule is COC(=O)Cc1cccc(Cn2cnc3c(N)nc(OCc4cccnc4)nc32)c1. The lowest BCUT2D eigenvalue weighted by Gasteiger charge is -2.08. The smallest absolute Gasteiger partial charge is 0.320 e. The Morgan fingerprint density at radius 1 is 1.13 bits per heavy atom. The number of pyridine rings is 1. The van der Waals surface area contributed by atoms with Gasteiger partial charge in [0.15, 0.2) is 17.0 Å². The lowest BCUT2D eigenvalue weighted by molar-refractivity contribution is -0.139. The van der Waals surface area contributed by atoms with Crippen LogP contribution in [0, 0.1) is 0 Å². The molecule has 0 bridgehead atoms. The molecule has 3 heterocycles. The molecule has 0 radical (unpaired) electrons. The molecule has 0 saturated heterocycles. The lowest BCUT2D eigenvalue weighted by atomic mass is 10.1. The molecule has 3 aromatic heterocycles. The first-order valence-electron chi connectivity index (χ1n) is 9.27. The number of hydrogen-bond donors (Lipinski definition) is 1. The molecule has 0 atom stereocenters. The van der Waals surface area contributed by atoms with E-state index in [9.17, 15) is 4.79 Å². The van der Waals surface area contributed by atoms with Crippen molar-refractivity contribution in [1.82, 2.24) is 24.5 Å². The molecule has 152 valence electrons. The first kappa shape index (κ1) is 19.3. The summed E-state index contributed by atoms with van der Waals surface area (Å²) in [6, 6.07) is 11.6. The Morgan fingerprint density at radius 2 is 1.97 bits per heavy atom. The molecule has 0 amide bonds. The Hall–Kier alpha value is -4.01. The van der Waals surface area contributed by atoms with Crippen LogP contribution in [0.3, 0.4) is 0 Å². The van der Waals surface area contributed by atoms with Gasteiger partial charge in [-0.15, -0.1) is 0 Å². The fourth-order valence-electron chi connectivity index (χ4n) is 3.03. The normalized spacial score (nSPS) is 10.8. The molecule has 9 heteroatoms. The third-order valence-corrected chi connectivity index (χ3v) is 4.48. The zero-order valence-electron chi connectivity index (χ0n) is 16.4. The number of methoxy groups -OCH3 is 1. The molecule has 0 saturated carbocycles. The number of hydrogen-bond acceptors (Lipinski definition) is 8. The second-order valence-electron chi connectivity index (χ2n) is 6.66. The van der Waals surface area contributed by atoms with Crippen LogP contribution < -0.4 is 10.5 Å². The summed E-state index contributed by atoms with van der Waals surface area (Å²) >= 11 is 0. The minimum absolute atomic E-state index is 0.171. The van der Waals surface area contributed by atoms with Gasteiger partial charge in [0, 0.05) is 18.0 Å². The highest BCUT2D eigenvalue weighted by Crippen LogP contribution is 2.21. The van der Waals surface area contributed by atoms with Crippen LogP contribution in [-0.4, -0.2) is 37.6 Å². The van der Waals surface area contributed by atoms with E-state index in [1.165, 1.54) is 7.11 Å². The Morgan fingerprint density at radius 3 is 2.77 bits per heavy atom. The summed E-state index contributed by atoms with van der Waals surface area (Å²) in [5, 5.41) is 0. The van der Waals surface area contributed by atoms with Crippen molar-refractivity contribution < 1.29 is 14.3 Å². The predicted octanol–water partition coefficient (Wildman–Crippen LogP) is 2.15. The highest BCUT2D eigenvalue weighted by molar-refractivity contribution is 5.82. The van der Waals surface area contributed by atoms with Gasteiger partial charge < -0.3 is 19.8 Å². The minimum Gasteiger partial charge on any atom is -0.469 e. The Labute approximate surface area is 172 Å². The molecular formula is C21H20N6O3. The van der Waals surface area contributed by atoms with E-state index in [1.54, 1.807) is 18.7 Å². The number of ether oxygens (including phenoxy) is 2. The summed E-state index contributed by atoms with van der Waals surface area (Å²) in [5.74, 6) is -0.0319. The van der Waals surface area contributed by atoms with E-state index in [0.29, 0.717) is 17.7 Å².